The molecule has 0 heterocycles. The van der Waals surface area contributed by atoms with E-state index in [-0.39, 0.29) is 12.4 Å². The number of hydrogen-bond acceptors (Lipinski definition) is 2. The number of aryl methyl sites for hydroxylation is 2. The Morgan fingerprint density at radius 3 is 2.26 bits per heavy atom. The highest BCUT2D eigenvalue weighted by molar-refractivity contribution is 5.98. The summed E-state index contributed by atoms with van der Waals surface area (Å²) in [7, 11) is 0. The number of halogens is 1. The summed E-state index contributed by atoms with van der Waals surface area (Å²) in [6, 6.07) is 18.6. The zero-order chi connectivity index (χ0) is 12.8. The average Bonchev–Trinajstić information content (AvgIpc) is 2.45. The molecule has 100 valence electrons. The van der Waals surface area contributed by atoms with Crippen molar-refractivity contribution in [3.8, 4) is 0 Å². The second kappa shape index (κ2) is 7.59. The predicted octanol–water partition coefficient (Wildman–Crippen LogP) is 4.09. The minimum absolute atomic E-state index is 0. The Hall–Kier alpha value is -1.80. The van der Waals surface area contributed by atoms with E-state index in [2.05, 4.69) is 41.6 Å². The highest BCUT2D eigenvalue weighted by atomic mass is 35.5. The third-order valence-electron chi connectivity index (χ3n) is 3.04. The van der Waals surface area contributed by atoms with Gasteiger partial charge in [0.15, 0.2) is 0 Å². The number of oxime groups is 1. The van der Waals surface area contributed by atoms with Gasteiger partial charge >= 0.3 is 0 Å². The molecule has 19 heavy (non-hydrogen) atoms. The van der Waals surface area contributed by atoms with Crippen molar-refractivity contribution in [2.45, 2.75) is 19.8 Å². The molecule has 2 rings (SSSR count). The van der Waals surface area contributed by atoms with Crippen molar-refractivity contribution in [2.75, 3.05) is 0 Å². The molecule has 0 bridgehead atoms. The van der Waals surface area contributed by atoms with E-state index >= 15 is 0 Å². The Kier molecular flexibility index (Phi) is 6.10. The topological polar surface area (TPSA) is 32.6 Å². The normalized spacial score (nSPS) is 10.9. The van der Waals surface area contributed by atoms with E-state index in [1.807, 2.05) is 18.2 Å². The fraction of sp³-hybridized carbons (Fsp3) is 0.188. The predicted molar refractivity (Wildman–Crippen MR) is 81.5 cm³/mol. The largest absolute Gasteiger partial charge is 0.411 e. The fourth-order valence-corrected chi connectivity index (χ4v) is 1.94. The van der Waals surface area contributed by atoms with Gasteiger partial charge in [-0.05, 0) is 42.5 Å². The molecule has 0 atom stereocenters. The van der Waals surface area contributed by atoms with Crippen LogP contribution in [0, 0.1) is 0 Å². The van der Waals surface area contributed by atoms with Crippen LogP contribution in [0.3, 0.4) is 0 Å². The zero-order valence-corrected chi connectivity index (χ0v) is 11.7. The van der Waals surface area contributed by atoms with Crippen molar-refractivity contribution < 1.29 is 5.21 Å². The van der Waals surface area contributed by atoms with E-state index in [9.17, 15) is 0 Å². The maximum atomic E-state index is 8.77. The van der Waals surface area contributed by atoms with E-state index in [1.165, 1.54) is 11.1 Å². The highest BCUT2D eigenvalue weighted by Crippen LogP contribution is 2.10. The molecule has 0 aliphatic heterocycles. The van der Waals surface area contributed by atoms with Gasteiger partial charge in [-0.25, -0.2) is 0 Å². The molecule has 3 heteroatoms. The molecule has 0 fully saturated rings. The molecule has 0 saturated carbocycles. The zero-order valence-electron chi connectivity index (χ0n) is 10.9. The van der Waals surface area contributed by atoms with Gasteiger partial charge in [0.2, 0.25) is 0 Å². The number of hydrogen-bond donors (Lipinski definition) is 1. The lowest BCUT2D eigenvalue weighted by atomic mass is 10.0. The second-order valence-electron chi connectivity index (χ2n) is 4.37. The molecule has 0 amide bonds. The molecule has 0 unspecified atom stereocenters. The van der Waals surface area contributed by atoms with Gasteiger partial charge in [0.05, 0.1) is 5.71 Å². The van der Waals surface area contributed by atoms with Crippen LogP contribution in [-0.4, -0.2) is 10.9 Å². The Morgan fingerprint density at radius 2 is 1.58 bits per heavy atom. The maximum Gasteiger partial charge on any atom is 0.0837 e. The summed E-state index contributed by atoms with van der Waals surface area (Å²) in [5.41, 5.74) is 4.23. The monoisotopic (exact) mass is 275 g/mol. The molecular formula is C16H18ClNO. The van der Waals surface area contributed by atoms with Crippen LogP contribution in [-0.2, 0) is 12.8 Å². The Balaban J connectivity index is 0.00000180. The number of nitrogens with zero attached hydrogens (tertiary/aromatic N) is 1. The van der Waals surface area contributed by atoms with Gasteiger partial charge in [-0.2, -0.15) is 0 Å². The smallest absolute Gasteiger partial charge is 0.0837 e. The Morgan fingerprint density at radius 1 is 0.947 bits per heavy atom. The molecular weight excluding hydrogens is 258 g/mol. The highest BCUT2D eigenvalue weighted by Gasteiger charge is 2.00. The van der Waals surface area contributed by atoms with Crippen molar-refractivity contribution in [2.24, 2.45) is 5.16 Å². The van der Waals surface area contributed by atoms with E-state index in [0.717, 1.165) is 18.4 Å². The standard InChI is InChI=1S/C16H17NO.ClH/c1-13(17-18)16-9-5-8-15(12-16)11-10-14-6-3-2-4-7-14;/h2-9,12,18H,10-11H2,1H3;1H. The lowest BCUT2D eigenvalue weighted by Gasteiger charge is -2.04. The van der Waals surface area contributed by atoms with Gasteiger partial charge in [-0.1, -0.05) is 53.7 Å². The Bertz CT molecular complexity index is 537. The van der Waals surface area contributed by atoms with Crippen LogP contribution in [0.15, 0.2) is 59.8 Å². The molecule has 0 spiro atoms. The van der Waals surface area contributed by atoms with Crippen molar-refractivity contribution in [1.82, 2.24) is 0 Å². The van der Waals surface area contributed by atoms with Gasteiger partial charge in [0.25, 0.3) is 0 Å². The van der Waals surface area contributed by atoms with Gasteiger partial charge < -0.3 is 5.21 Å². The average molecular weight is 276 g/mol. The molecule has 0 aromatic heterocycles. The lowest BCUT2D eigenvalue weighted by Crippen LogP contribution is -1.97. The summed E-state index contributed by atoms with van der Waals surface area (Å²) in [4.78, 5) is 0. The minimum Gasteiger partial charge on any atom is -0.411 e. The molecule has 2 aromatic carbocycles. The molecule has 0 aliphatic rings. The summed E-state index contributed by atoms with van der Waals surface area (Å²) in [6.07, 6.45) is 2.02. The van der Waals surface area contributed by atoms with Crippen LogP contribution >= 0.6 is 12.4 Å². The summed E-state index contributed by atoms with van der Waals surface area (Å²) in [5, 5.41) is 12.0. The van der Waals surface area contributed by atoms with Crippen LogP contribution in [0.5, 0.6) is 0 Å². The fourth-order valence-electron chi connectivity index (χ4n) is 1.94. The quantitative estimate of drug-likeness (QED) is 0.509. The van der Waals surface area contributed by atoms with Gasteiger partial charge in [0, 0.05) is 0 Å². The molecule has 0 saturated heterocycles. The van der Waals surface area contributed by atoms with Crippen LogP contribution in [0.2, 0.25) is 0 Å². The summed E-state index contributed by atoms with van der Waals surface area (Å²) in [5.74, 6) is 0. The molecule has 2 aromatic rings. The van der Waals surface area contributed by atoms with Crippen molar-refractivity contribution >= 4 is 18.1 Å². The van der Waals surface area contributed by atoms with Crippen molar-refractivity contribution in [3.63, 3.8) is 0 Å². The van der Waals surface area contributed by atoms with Crippen LogP contribution in [0.1, 0.15) is 23.6 Å². The second-order valence-corrected chi connectivity index (χ2v) is 4.37. The first-order chi connectivity index (χ1) is 8.79. The Labute approximate surface area is 120 Å². The van der Waals surface area contributed by atoms with E-state index in [1.54, 1.807) is 6.92 Å². The first-order valence-corrected chi connectivity index (χ1v) is 6.11. The van der Waals surface area contributed by atoms with Gasteiger partial charge in [-0.3, -0.25) is 0 Å². The van der Waals surface area contributed by atoms with Crippen molar-refractivity contribution in [1.29, 1.82) is 0 Å². The first kappa shape index (κ1) is 15.3. The molecule has 1 N–H and O–H groups in total. The summed E-state index contributed by atoms with van der Waals surface area (Å²) in [6.45, 7) is 1.80. The van der Waals surface area contributed by atoms with Crippen LogP contribution in [0.25, 0.3) is 0 Å². The van der Waals surface area contributed by atoms with E-state index in [0.29, 0.717) is 5.71 Å². The number of rotatable bonds is 4. The third-order valence-corrected chi connectivity index (χ3v) is 3.04. The van der Waals surface area contributed by atoms with E-state index in [4.69, 9.17) is 5.21 Å². The van der Waals surface area contributed by atoms with Gasteiger partial charge in [-0.15, -0.1) is 12.4 Å². The maximum absolute atomic E-state index is 8.77. The molecule has 0 radical (unpaired) electrons. The first-order valence-electron chi connectivity index (χ1n) is 6.11. The van der Waals surface area contributed by atoms with Gasteiger partial charge in [0.1, 0.15) is 0 Å². The molecule has 0 aliphatic carbocycles. The van der Waals surface area contributed by atoms with Crippen molar-refractivity contribution in [3.05, 3.63) is 71.3 Å². The summed E-state index contributed by atoms with van der Waals surface area (Å²) < 4.78 is 0. The van der Waals surface area contributed by atoms with Crippen LogP contribution in [0.4, 0.5) is 0 Å². The molecule has 2 nitrogen and oxygen atoms in total. The minimum atomic E-state index is 0. The SMILES string of the molecule is CC(=NO)c1cccc(CCc2ccccc2)c1.Cl. The van der Waals surface area contributed by atoms with Crippen LogP contribution < -0.4 is 0 Å². The number of benzene rings is 2. The lowest BCUT2D eigenvalue weighted by molar-refractivity contribution is 0.319. The summed E-state index contributed by atoms with van der Waals surface area (Å²) >= 11 is 0. The third kappa shape index (κ3) is 4.42. The van der Waals surface area contributed by atoms with E-state index < -0.39 is 0 Å².